The molecule has 0 aromatic rings. The van der Waals surface area contributed by atoms with E-state index in [1.807, 2.05) is 0 Å². The van der Waals surface area contributed by atoms with Crippen LogP contribution >= 0.6 is 0 Å². The maximum Gasteiger partial charge on any atom is 0.309 e. The SMILES string of the molecule is C=CCC(=O)OC1CCC([C@H]2CC[C@H](CCC)CC2)CC1. The molecule has 0 heterocycles. The van der Waals surface area contributed by atoms with Gasteiger partial charge in [-0.25, -0.2) is 0 Å². The van der Waals surface area contributed by atoms with Crippen LogP contribution in [-0.4, -0.2) is 12.1 Å². The highest BCUT2D eigenvalue weighted by atomic mass is 16.5. The van der Waals surface area contributed by atoms with Gasteiger partial charge in [0.1, 0.15) is 6.10 Å². The molecule has 2 saturated carbocycles. The van der Waals surface area contributed by atoms with Gasteiger partial charge in [-0.1, -0.05) is 38.7 Å². The molecular formula is C19H32O2. The topological polar surface area (TPSA) is 26.3 Å². The molecular weight excluding hydrogens is 260 g/mol. The first-order valence-corrected chi connectivity index (χ1v) is 9.03. The number of rotatable bonds is 6. The second kappa shape index (κ2) is 8.60. The van der Waals surface area contributed by atoms with Crippen LogP contribution in [0.3, 0.4) is 0 Å². The molecule has 0 saturated heterocycles. The zero-order valence-corrected chi connectivity index (χ0v) is 13.7. The van der Waals surface area contributed by atoms with Crippen LogP contribution in [0.25, 0.3) is 0 Å². The van der Waals surface area contributed by atoms with Crippen LogP contribution in [0.15, 0.2) is 12.7 Å². The van der Waals surface area contributed by atoms with Crippen molar-refractivity contribution < 1.29 is 9.53 Å². The average Bonchev–Trinajstić information content (AvgIpc) is 2.49. The number of hydrogen-bond donors (Lipinski definition) is 0. The average molecular weight is 292 g/mol. The van der Waals surface area contributed by atoms with E-state index in [1.54, 1.807) is 6.08 Å². The van der Waals surface area contributed by atoms with Gasteiger partial charge in [-0.2, -0.15) is 0 Å². The summed E-state index contributed by atoms with van der Waals surface area (Å²) in [6.07, 6.45) is 15.4. The standard InChI is InChI=1S/C19H32O2/c1-3-5-15-7-9-16(10-8-15)17-11-13-18(14-12-17)21-19(20)6-4-2/h4,15-18H,2-3,5-14H2,1H3/t15-,16-,17?,18?. The van der Waals surface area contributed by atoms with E-state index in [4.69, 9.17) is 4.74 Å². The zero-order chi connectivity index (χ0) is 15.1. The monoisotopic (exact) mass is 292 g/mol. The van der Waals surface area contributed by atoms with Crippen molar-refractivity contribution in [3.05, 3.63) is 12.7 Å². The van der Waals surface area contributed by atoms with Crippen LogP contribution in [0.1, 0.15) is 77.6 Å². The normalized spacial score (nSPS) is 33.4. The van der Waals surface area contributed by atoms with Crippen molar-refractivity contribution in [2.45, 2.75) is 83.7 Å². The molecule has 2 fully saturated rings. The molecule has 0 amide bonds. The van der Waals surface area contributed by atoms with Gasteiger partial charge in [0.15, 0.2) is 0 Å². The fraction of sp³-hybridized carbons (Fsp3) is 0.842. The predicted octanol–water partition coefficient (Wildman–Crippen LogP) is 5.27. The summed E-state index contributed by atoms with van der Waals surface area (Å²) in [7, 11) is 0. The summed E-state index contributed by atoms with van der Waals surface area (Å²) in [6, 6.07) is 0. The molecule has 0 atom stereocenters. The Hall–Kier alpha value is -0.790. The number of carbonyl (C=O) groups is 1. The van der Waals surface area contributed by atoms with Gasteiger partial charge < -0.3 is 4.74 Å². The van der Waals surface area contributed by atoms with Gasteiger partial charge in [0, 0.05) is 0 Å². The second-order valence-corrected chi connectivity index (χ2v) is 7.09. The van der Waals surface area contributed by atoms with E-state index in [0.717, 1.165) is 30.6 Å². The summed E-state index contributed by atoms with van der Waals surface area (Å²) in [5.74, 6) is 2.74. The Morgan fingerprint density at radius 2 is 1.62 bits per heavy atom. The molecule has 0 bridgehead atoms. The van der Waals surface area contributed by atoms with Crippen LogP contribution in [0.4, 0.5) is 0 Å². The van der Waals surface area contributed by atoms with E-state index in [2.05, 4.69) is 13.5 Å². The van der Waals surface area contributed by atoms with E-state index in [1.165, 1.54) is 51.4 Å². The molecule has 21 heavy (non-hydrogen) atoms. The third kappa shape index (κ3) is 5.16. The van der Waals surface area contributed by atoms with Crippen molar-refractivity contribution in [2.75, 3.05) is 0 Å². The maximum atomic E-state index is 11.5. The van der Waals surface area contributed by atoms with E-state index in [-0.39, 0.29) is 12.1 Å². The summed E-state index contributed by atoms with van der Waals surface area (Å²) in [6.45, 7) is 5.89. The third-order valence-electron chi connectivity index (χ3n) is 5.58. The number of carbonyl (C=O) groups excluding carboxylic acids is 1. The first kappa shape index (κ1) is 16.6. The highest BCUT2D eigenvalue weighted by molar-refractivity contribution is 5.71. The first-order valence-electron chi connectivity index (χ1n) is 9.03. The quantitative estimate of drug-likeness (QED) is 0.492. The zero-order valence-electron chi connectivity index (χ0n) is 13.7. The Kier molecular flexibility index (Phi) is 6.79. The number of hydrogen-bond acceptors (Lipinski definition) is 2. The van der Waals surface area contributed by atoms with Gasteiger partial charge in [-0.15, -0.1) is 6.58 Å². The molecule has 2 heteroatoms. The van der Waals surface area contributed by atoms with Crippen molar-refractivity contribution >= 4 is 5.97 Å². The van der Waals surface area contributed by atoms with Crippen molar-refractivity contribution in [1.29, 1.82) is 0 Å². The summed E-state index contributed by atoms with van der Waals surface area (Å²) in [4.78, 5) is 11.5. The first-order chi connectivity index (χ1) is 10.2. The Bertz CT molecular complexity index is 320. The molecule has 0 unspecified atom stereocenters. The Morgan fingerprint density at radius 3 is 2.14 bits per heavy atom. The lowest BCUT2D eigenvalue weighted by atomic mass is 9.70. The molecule has 2 aliphatic carbocycles. The Labute approximate surface area is 130 Å². The molecule has 120 valence electrons. The van der Waals surface area contributed by atoms with Gasteiger partial charge in [0.2, 0.25) is 0 Å². The largest absolute Gasteiger partial charge is 0.462 e. The fourth-order valence-corrected chi connectivity index (χ4v) is 4.39. The minimum atomic E-state index is -0.103. The van der Waals surface area contributed by atoms with E-state index in [9.17, 15) is 4.79 Å². The van der Waals surface area contributed by atoms with Gasteiger partial charge in [-0.05, 0) is 56.3 Å². The third-order valence-corrected chi connectivity index (χ3v) is 5.58. The van der Waals surface area contributed by atoms with E-state index >= 15 is 0 Å². The molecule has 0 aliphatic heterocycles. The summed E-state index contributed by atoms with van der Waals surface area (Å²) < 4.78 is 5.51. The van der Waals surface area contributed by atoms with Gasteiger partial charge in [0.25, 0.3) is 0 Å². The van der Waals surface area contributed by atoms with Crippen LogP contribution in [0, 0.1) is 17.8 Å². The lowest BCUT2D eigenvalue weighted by molar-refractivity contribution is -0.150. The van der Waals surface area contributed by atoms with Crippen molar-refractivity contribution in [3.8, 4) is 0 Å². The Morgan fingerprint density at radius 1 is 1.05 bits per heavy atom. The molecule has 0 aromatic carbocycles. The van der Waals surface area contributed by atoms with Crippen molar-refractivity contribution in [1.82, 2.24) is 0 Å². The molecule has 0 radical (unpaired) electrons. The smallest absolute Gasteiger partial charge is 0.309 e. The molecule has 0 aromatic heterocycles. The van der Waals surface area contributed by atoms with Crippen LogP contribution in [-0.2, 0) is 9.53 Å². The molecule has 0 N–H and O–H groups in total. The minimum Gasteiger partial charge on any atom is -0.462 e. The van der Waals surface area contributed by atoms with Crippen LogP contribution < -0.4 is 0 Å². The molecule has 2 rings (SSSR count). The fourth-order valence-electron chi connectivity index (χ4n) is 4.39. The summed E-state index contributed by atoms with van der Waals surface area (Å²) >= 11 is 0. The van der Waals surface area contributed by atoms with Gasteiger partial charge >= 0.3 is 5.97 Å². The molecule has 0 spiro atoms. The van der Waals surface area contributed by atoms with Gasteiger partial charge in [-0.3, -0.25) is 4.79 Å². The second-order valence-electron chi connectivity index (χ2n) is 7.09. The highest BCUT2D eigenvalue weighted by Gasteiger charge is 2.31. The minimum absolute atomic E-state index is 0.103. The number of ether oxygens (including phenoxy) is 1. The predicted molar refractivity (Wildman–Crippen MR) is 87.0 cm³/mol. The summed E-state index contributed by atoms with van der Waals surface area (Å²) in [5.41, 5.74) is 0. The Balaban J connectivity index is 1.67. The van der Waals surface area contributed by atoms with Gasteiger partial charge in [0.05, 0.1) is 6.42 Å². The molecule has 2 nitrogen and oxygen atoms in total. The van der Waals surface area contributed by atoms with Crippen molar-refractivity contribution in [3.63, 3.8) is 0 Å². The van der Waals surface area contributed by atoms with E-state index in [0.29, 0.717) is 6.42 Å². The lowest BCUT2D eigenvalue weighted by Gasteiger charge is -2.37. The maximum absolute atomic E-state index is 11.5. The molecule has 2 aliphatic rings. The highest BCUT2D eigenvalue weighted by Crippen LogP contribution is 2.41. The van der Waals surface area contributed by atoms with Crippen molar-refractivity contribution in [2.24, 2.45) is 17.8 Å². The van der Waals surface area contributed by atoms with Crippen LogP contribution in [0.5, 0.6) is 0 Å². The number of esters is 1. The lowest BCUT2D eigenvalue weighted by Crippen LogP contribution is -2.29. The van der Waals surface area contributed by atoms with Crippen LogP contribution in [0.2, 0.25) is 0 Å². The van der Waals surface area contributed by atoms with E-state index < -0.39 is 0 Å². The summed E-state index contributed by atoms with van der Waals surface area (Å²) in [5, 5.41) is 0.